The van der Waals surface area contributed by atoms with Gasteiger partial charge < -0.3 is 4.57 Å². The third kappa shape index (κ3) is 3.56. The molecule has 2 heterocycles. The SMILES string of the molecule is c1ccc(-c2ccc3sc4c(ccc5c4c4ccc(-c6ccc7ccccc7c6)cc4n5-c4ccccc4)c3c2)cc1. The molecule has 2 heteroatoms. The minimum Gasteiger partial charge on any atom is -0.309 e. The Morgan fingerprint density at radius 1 is 0.405 bits per heavy atom. The molecule has 9 aromatic rings. The third-order valence-corrected chi connectivity index (χ3v) is 9.77. The Balaban J connectivity index is 1.33. The van der Waals surface area contributed by atoms with E-state index in [1.165, 1.54) is 80.7 Å². The van der Waals surface area contributed by atoms with Gasteiger partial charge in [-0.2, -0.15) is 0 Å². The van der Waals surface area contributed by atoms with Crippen molar-refractivity contribution in [3.05, 3.63) is 152 Å². The van der Waals surface area contributed by atoms with E-state index in [0.717, 1.165) is 0 Å². The summed E-state index contributed by atoms with van der Waals surface area (Å²) < 4.78 is 5.12. The number of nitrogens with zero attached hydrogens (tertiary/aromatic N) is 1. The number of hydrogen-bond donors (Lipinski definition) is 0. The summed E-state index contributed by atoms with van der Waals surface area (Å²) in [5, 5.41) is 7.80. The quantitative estimate of drug-likeness (QED) is 0.206. The number of hydrogen-bond acceptors (Lipinski definition) is 1. The Labute approximate surface area is 247 Å². The van der Waals surface area contributed by atoms with Crippen LogP contribution >= 0.6 is 11.3 Å². The van der Waals surface area contributed by atoms with Crippen LogP contribution in [0.15, 0.2) is 152 Å². The van der Waals surface area contributed by atoms with E-state index < -0.39 is 0 Å². The van der Waals surface area contributed by atoms with E-state index in [2.05, 4.69) is 156 Å². The lowest BCUT2D eigenvalue weighted by molar-refractivity contribution is 1.18. The van der Waals surface area contributed by atoms with Crippen molar-refractivity contribution in [1.82, 2.24) is 4.57 Å². The molecule has 0 fully saturated rings. The molecule has 7 aromatic carbocycles. The Kier molecular flexibility index (Phi) is 5.13. The monoisotopic (exact) mass is 551 g/mol. The van der Waals surface area contributed by atoms with E-state index in [1.807, 2.05) is 11.3 Å². The van der Waals surface area contributed by atoms with Crippen LogP contribution in [0.1, 0.15) is 0 Å². The Bertz CT molecular complexity index is 2450. The van der Waals surface area contributed by atoms with Gasteiger partial charge in [-0.1, -0.05) is 109 Å². The molecule has 9 rings (SSSR count). The zero-order valence-corrected chi connectivity index (χ0v) is 23.6. The highest BCUT2D eigenvalue weighted by Gasteiger charge is 2.18. The van der Waals surface area contributed by atoms with Crippen LogP contribution in [-0.2, 0) is 0 Å². The molecule has 0 aliphatic heterocycles. The van der Waals surface area contributed by atoms with Gasteiger partial charge in [0.15, 0.2) is 0 Å². The predicted molar refractivity (Wildman–Crippen MR) is 182 cm³/mol. The number of para-hydroxylation sites is 1. The Hall–Kier alpha value is -5.18. The van der Waals surface area contributed by atoms with Gasteiger partial charge in [-0.05, 0) is 75.5 Å². The van der Waals surface area contributed by atoms with Crippen molar-refractivity contribution >= 4 is 64.1 Å². The second-order valence-corrected chi connectivity index (χ2v) is 12.0. The zero-order chi connectivity index (χ0) is 27.6. The first kappa shape index (κ1) is 23.5. The van der Waals surface area contributed by atoms with Gasteiger partial charge in [0.1, 0.15) is 0 Å². The van der Waals surface area contributed by atoms with Crippen LogP contribution in [0.2, 0.25) is 0 Å². The van der Waals surface area contributed by atoms with Crippen molar-refractivity contribution in [2.24, 2.45) is 0 Å². The van der Waals surface area contributed by atoms with Crippen LogP contribution in [0.3, 0.4) is 0 Å². The Morgan fingerprint density at radius 3 is 1.93 bits per heavy atom. The second-order valence-electron chi connectivity index (χ2n) is 11.0. The highest BCUT2D eigenvalue weighted by molar-refractivity contribution is 7.26. The minimum atomic E-state index is 1.18. The maximum absolute atomic E-state index is 2.44. The molecule has 0 atom stereocenters. The van der Waals surface area contributed by atoms with Crippen LogP contribution < -0.4 is 0 Å². The molecule has 42 heavy (non-hydrogen) atoms. The summed E-state index contributed by atoms with van der Waals surface area (Å²) in [6.07, 6.45) is 0. The molecule has 0 saturated carbocycles. The standard InChI is InChI=1S/C40H25NS/c1-3-9-26(10-4-1)30-18-22-38-35(24-30)33-20-21-36-39(40(33)42-38)34-19-17-31(25-37(34)41(36)32-13-5-2-6-14-32)29-16-15-27-11-7-8-12-28(27)23-29/h1-25H. The van der Waals surface area contributed by atoms with Crippen LogP contribution in [0.4, 0.5) is 0 Å². The summed E-state index contributed by atoms with van der Waals surface area (Å²) in [6, 6.07) is 55.4. The van der Waals surface area contributed by atoms with Crippen LogP contribution in [-0.4, -0.2) is 4.57 Å². The molecule has 196 valence electrons. The van der Waals surface area contributed by atoms with E-state index in [1.54, 1.807) is 0 Å². The van der Waals surface area contributed by atoms with Gasteiger partial charge in [-0.3, -0.25) is 0 Å². The van der Waals surface area contributed by atoms with Gasteiger partial charge in [0.05, 0.1) is 11.0 Å². The summed E-state index contributed by atoms with van der Waals surface area (Å²) in [5.74, 6) is 0. The highest BCUT2D eigenvalue weighted by Crippen LogP contribution is 2.45. The summed E-state index contributed by atoms with van der Waals surface area (Å²) in [5.41, 5.74) is 8.64. The number of thiophene rings is 1. The number of benzene rings is 7. The molecule has 0 spiro atoms. The first-order valence-electron chi connectivity index (χ1n) is 14.4. The van der Waals surface area contributed by atoms with Crippen molar-refractivity contribution in [3.8, 4) is 27.9 Å². The van der Waals surface area contributed by atoms with Gasteiger partial charge in [0, 0.05) is 36.6 Å². The molecule has 0 radical (unpaired) electrons. The topological polar surface area (TPSA) is 4.93 Å². The average molecular weight is 552 g/mol. The zero-order valence-electron chi connectivity index (χ0n) is 22.8. The van der Waals surface area contributed by atoms with Gasteiger partial charge in [-0.15, -0.1) is 11.3 Å². The largest absolute Gasteiger partial charge is 0.309 e. The molecule has 0 aliphatic carbocycles. The molecule has 0 bridgehead atoms. The van der Waals surface area contributed by atoms with Crippen LogP contribution in [0, 0.1) is 0 Å². The maximum atomic E-state index is 2.44. The van der Waals surface area contributed by atoms with E-state index >= 15 is 0 Å². The fraction of sp³-hybridized carbons (Fsp3) is 0. The summed E-state index contributed by atoms with van der Waals surface area (Å²) >= 11 is 1.91. The van der Waals surface area contributed by atoms with Crippen molar-refractivity contribution in [1.29, 1.82) is 0 Å². The van der Waals surface area contributed by atoms with Gasteiger partial charge >= 0.3 is 0 Å². The second kappa shape index (κ2) is 9.17. The fourth-order valence-corrected chi connectivity index (χ4v) is 7.79. The van der Waals surface area contributed by atoms with E-state index in [0.29, 0.717) is 0 Å². The van der Waals surface area contributed by atoms with Crippen molar-refractivity contribution in [2.75, 3.05) is 0 Å². The molecule has 0 amide bonds. The molecular formula is C40H25NS. The van der Waals surface area contributed by atoms with Crippen molar-refractivity contribution in [2.45, 2.75) is 0 Å². The van der Waals surface area contributed by atoms with E-state index in [4.69, 9.17) is 0 Å². The van der Waals surface area contributed by atoms with Crippen LogP contribution in [0.25, 0.3) is 80.7 Å². The average Bonchev–Trinajstić information content (AvgIpc) is 3.60. The lowest BCUT2D eigenvalue weighted by atomic mass is 9.99. The fourth-order valence-electron chi connectivity index (χ4n) is 6.55. The van der Waals surface area contributed by atoms with Gasteiger partial charge in [0.2, 0.25) is 0 Å². The van der Waals surface area contributed by atoms with Gasteiger partial charge in [0.25, 0.3) is 0 Å². The molecule has 0 N–H and O–H groups in total. The summed E-state index contributed by atoms with van der Waals surface area (Å²) in [4.78, 5) is 0. The number of fused-ring (bicyclic) bond motifs is 8. The molecule has 0 saturated heterocycles. The first-order valence-corrected chi connectivity index (χ1v) is 15.2. The van der Waals surface area contributed by atoms with Crippen molar-refractivity contribution < 1.29 is 0 Å². The van der Waals surface area contributed by atoms with Crippen molar-refractivity contribution in [3.63, 3.8) is 0 Å². The minimum absolute atomic E-state index is 1.18. The maximum Gasteiger partial charge on any atom is 0.0555 e. The van der Waals surface area contributed by atoms with Gasteiger partial charge in [-0.25, -0.2) is 0 Å². The molecular weight excluding hydrogens is 527 g/mol. The lowest BCUT2D eigenvalue weighted by Gasteiger charge is -2.09. The van der Waals surface area contributed by atoms with Crippen LogP contribution in [0.5, 0.6) is 0 Å². The number of rotatable bonds is 3. The molecule has 1 nitrogen and oxygen atoms in total. The summed E-state index contributed by atoms with van der Waals surface area (Å²) in [6.45, 7) is 0. The molecule has 2 aromatic heterocycles. The first-order chi connectivity index (χ1) is 20.8. The molecule has 0 unspecified atom stereocenters. The smallest absolute Gasteiger partial charge is 0.0555 e. The number of aromatic nitrogens is 1. The van der Waals surface area contributed by atoms with E-state index in [-0.39, 0.29) is 0 Å². The summed E-state index contributed by atoms with van der Waals surface area (Å²) in [7, 11) is 0. The molecule has 0 aliphatic rings. The normalized spacial score (nSPS) is 11.8. The third-order valence-electron chi connectivity index (χ3n) is 8.57. The highest BCUT2D eigenvalue weighted by atomic mass is 32.1. The Morgan fingerprint density at radius 2 is 1.07 bits per heavy atom. The van der Waals surface area contributed by atoms with E-state index in [9.17, 15) is 0 Å². The predicted octanol–water partition coefficient (Wildman–Crippen LogP) is 11.6. The lowest BCUT2D eigenvalue weighted by Crippen LogP contribution is -1.93.